The summed E-state index contributed by atoms with van der Waals surface area (Å²) in [6.45, 7) is 7.58. The van der Waals surface area contributed by atoms with Crippen LogP contribution in [0.25, 0.3) is 11.3 Å². The fraction of sp³-hybridized carbons (Fsp3) is 0.548. The van der Waals surface area contributed by atoms with Crippen LogP contribution in [0.15, 0.2) is 41.4 Å². The third-order valence-electron chi connectivity index (χ3n) is 8.69. The van der Waals surface area contributed by atoms with Crippen LogP contribution in [-0.4, -0.2) is 117 Å². The minimum atomic E-state index is -3.35. The molecule has 3 aliphatic rings. The number of aromatic nitrogens is 1. The Morgan fingerprint density at radius 1 is 0.977 bits per heavy atom. The molecular weight excluding hydrogens is 584 g/mol. The summed E-state index contributed by atoms with van der Waals surface area (Å²) in [6.07, 6.45) is 6.11. The van der Waals surface area contributed by atoms with Gasteiger partial charge in [0.05, 0.1) is 47.2 Å². The van der Waals surface area contributed by atoms with Crippen LogP contribution in [-0.2, 0) is 19.4 Å². The predicted octanol–water partition coefficient (Wildman–Crippen LogP) is 2.47. The van der Waals surface area contributed by atoms with E-state index in [9.17, 15) is 22.8 Å². The van der Waals surface area contributed by atoms with Crippen LogP contribution in [0, 0.1) is 5.92 Å². The Balaban J connectivity index is 1.28. The molecule has 5 rings (SSSR count). The molecule has 4 heterocycles. The third-order valence-corrected chi connectivity index (χ3v) is 9.82. The van der Waals surface area contributed by atoms with Crippen LogP contribution in [0.3, 0.4) is 0 Å². The Morgan fingerprint density at radius 2 is 1.68 bits per heavy atom. The van der Waals surface area contributed by atoms with E-state index in [1.807, 2.05) is 9.80 Å². The Bertz CT molecular complexity index is 1450. The fourth-order valence-electron chi connectivity index (χ4n) is 6.28. The molecule has 13 heteroatoms. The summed E-state index contributed by atoms with van der Waals surface area (Å²) in [5.74, 6) is 0.0361. The lowest BCUT2D eigenvalue weighted by Gasteiger charge is -2.43. The van der Waals surface area contributed by atoms with Gasteiger partial charge >= 0.3 is 6.03 Å². The SMILES string of the molecule is CCNC(=O)Nc1cnc(-c2ccc(S(C)(=O)=O)cc2)cc1C(=O)N1CCC(N2CCCC(C(=O)N3CCOCC3)C2)CC1. The number of anilines is 1. The monoisotopic (exact) mass is 626 g/mol. The van der Waals surface area contributed by atoms with Gasteiger partial charge in [-0.05, 0) is 57.4 Å². The number of nitrogens with zero attached hydrogens (tertiary/aromatic N) is 4. The molecule has 0 bridgehead atoms. The van der Waals surface area contributed by atoms with Crippen molar-refractivity contribution in [1.29, 1.82) is 0 Å². The highest BCUT2D eigenvalue weighted by Gasteiger charge is 2.35. The van der Waals surface area contributed by atoms with E-state index in [-0.39, 0.29) is 22.6 Å². The topological polar surface area (TPSA) is 141 Å². The largest absolute Gasteiger partial charge is 0.378 e. The van der Waals surface area contributed by atoms with Crippen molar-refractivity contribution in [2.24, 2.45) is 5.92 Å². The Morgan fingerprint density at radius 3 is 2.34 bits per heavy atom. The van der Waals surface area contributed by atoms with E-state index in [0.29, 0.717) is 74.5 Å². The second-order valence-electron chi connectivity index (χ2n) is 11.7. The number of likely N-dealkylation sites (tertiary alicyclic amines) is 2. The standard InChI is InChI=1S/C31H42N6O6S/c1-3-32-31(40)34-28-20-33-27(22-6-8-25(9-7-22)44(2,41)42)19-26(28)30(39)35-13-10-24(11-14-35)37-12-4-5-23(21-37)29(38)36-15-17-43-18-16-36/h6-9,19-20,23-24H,3-5,10-18,21H2,1-2H3,(H2,32,34,40). The van der Waals surface area contributed by atoms with E-state index in [4.69, 9.17) is 4.74 Å². The molecule has 0 spiro atoms. The molecule has 44 heavy (non-hydrogen) atoms. The van der Waals surface area contributed by atoms with Gasteiger partial charge in [0.2, 0.25) is 5.91 Å². The summed E-state index contributed by atoms with van der Waals surface area (Å²) in [6, 6.07) is 7.86. The van der Waals surface area contributed by atoms with Gasteiger partial charge in [-0.2, -0.15) is 0 Å². The lowest BCUT2D eigenvalue weighted by atomic mass is 9.92. The van der Waals surface area contributed by atoms with Crippen LogP contribution in [0.5, 0.6) is 0 Å². The highest BCUT2D eigenvalue weighted by molar-refractivity contribution is 7.90. The Hall–Kier alpha value is -3.55. The number of hydrogen-bond acceptors (Lipinski definition) is 8. The van der Waals surface area contributed by atoms with E-state index in [1.165, 1.54) is 18.3 Å². The number of carbonyl (C=O) groups excluding carboxylic acids is 3. The summed E-state index contributed by atoms with van der Waals surface area (Å²) >= 11 is 0. The van der Waals surface area contributed by atoms with Crippen LogP contribution < -0.4 is 10.6 Å². The van der Waals surface area contributed by atoms with Crippen molar-refractivity contribution in [2.75, 3.05) is 70.6 Å². The molecule has 2 aromatic rings. The van der Waals surface area contributed by atoms with Crippen molar-refractivity contribution in [2.45, 2.75) is 43.5 Å². The number of sulfone groups is 1. The first kappa shape index (κ1) is 31.9. The van der Waals surface area contributed by atoms with Crippen molar-refractivity contribution < 1.29 is 27.5 Å². The second kappa shape index (κ2) is 14.0. The fourth-order valence-corrected chi connectivity index (χ4v) is 6.91. The van der Waals surface area contributed by atoms with Gasteiger partial charge in [0.25, 0.3) is 5.91 Å². The molecule has 1 unspecified atom stereocenters. The number of carbonyl (C=O) groups is 3. The third kappa shape index (κ3) is 7.56. The molecular formula is C31H42N6O6S. The number of nitrogens with one attached hydrogen (secondary N) is 2. The first-order chi connectivity index (χ1) is 21.1. The van der Waals surface area contributed by atoms with Gasteiger partial charge in [0, 0.05) is 57.1 Å². The highest BCUT2D eigenvalue weighted by atomic mass is 32.2. The molecule has 0 radical (unpaired) electrons. The number of hydrogen-bond donors (Lipinski definition) is 2. The second-order valence-corrected chi connectivity index (χ2v) is 13.7. The summed E-state index contributed by atoms with van der Waals surface area (Å²) in [5.41, 5.74) is 1.77. The number of rotatable bonds is 7. The quantitative estimate of drug-likeness (QED) is 0.478. The van der Waals surface area contributed by atoms with Gasteiger partial charge in [-0.15, -0.1) is 0 Å². The van der Waals surface area contributed by atoms with E-state index in [0.717, 1.165) is 45.0 Å². The molecule has 1 atom stereocenters. The van der Waals surface area contributed by atoms with Crippen LogP contribution >= 0.6 is 0 Å². The summed E-state index contributed by atoms with van der Waals surface area (Å²) in [4.78, 5) is 50.3. The number of ether oxygens (including phenoxy) is 1. The number of piperidine rings is 2. The smallest absolute Gasteiger partial charge is 0.319 e. The first-order valence-electron chi connectivity index (χ1n) is 15.4. The highest BCUT2D eigenvalue weighted by Crippen LogP contribution is 2.29. The van der Waals surface area contributed by atoms with E-state index < -0.39 is 15.9 Å². The minimum absolute atomic E-state index is 0.00570. The van der Waals surface area contributed by atoms with E-state index in [2.05, 4.69) is 20.5 Å². The Kier molecular flexibility index (Phi) is 10.2. The molecule has 0 aliphatic carbocycles. The molecule has 3 fully saturated rings. The van der Waals surface area contributed by atoms with Crippen molar-refractivity contribution in [1.82, 2.24) is 25.0 Å². The Labute approximate surface area is 259 Å². The minimum Gasteiger partial charge on any atom is -0.378 e. The summed E-state index contributed by atoms with van der Waals surface area (Å²) in [5, 5.41) is 5.43. The summed E-state index contributed by atoms with van der Waals surface area (Å²) in [7, 11) is -3.35. The van der Waals surface area contributed by atoms with E-state index >= 15 is 0 Å². The zero-order chi connectivity index (χ0) is 31.3. The van der Waals surface area contributed by atoms with Crippen molar-refractivity contribution >= 4 is 33.4 Å². The van der Waals surface area contributed by atoms with Gasteiger partial charge in [-0.3, -0.25) is 19.5 Å². The maximum absolute atomic E-state index is 13.9. The molecule has 3 saturated heterocycles. The summed E-state index contributed by atoms with van der Waals surface area (Å²) < 4.78 is 29.2. The molecule has 12 nitrogen and oxygen atoms in total. The maximum atomic E-state index is 13.9. The van der Waals surface area contributed by atoms with Gasteiger partial charge in [-0.1, -0.05) is 12.1 Å². The zero-order valence-corrected chi connectivity index (χ0v) is 26.3. The lowest BCUT2D eigenvalue weighted by Crippen LogP contribution is -2.53. The van der Waals surface area contributed by atoms with Gasteiger partial charge in [0.1, 0.15) is 0 Å². The van der Waals surface area contributed by atoms with Crippen LogP contribution in [0.1, 0.15) is 43.0 Å². The average molecular weight is 627 g/mol. The van der Waals surface area contributed by atoms with Crippen LogP contribution in [0.4, 0.5) is 10.5 Å². The van der Waals surface area contributed by atoms with Crippen molar-refractivity contribution in [3.8, 4) is 11.3 Å². The number of benzene rings is 1. The van der Waals surface area contributed by atoms with Crippen molar-refractivity contribution in [3.05, 3.63) is 42.1 Å². The zero-order valence-electron chi connectivity index (χ0n) is 25.5. The van der Waals surface area contributed by atoms with Gasteiger partial charge in [0.15, 0.2) is 9.84 Å². The molecule has 1 aromatic heterocycles. The number of pyridine rings is 1. The first-order valence-corrected chi connectivity index (χ1v) is 17.3. The van der Waals surface area contributed by atoms with Gasteiger partial charge in [-0.25, -0.2) is 13.2 Å². The number of urea groups is 1. The average Bonchev–Trinajstić information content (AvgIpc) is 3.04. The lowest BCUT2D eigenvalue weighted by molar-refractivity contribution is -0.141. The maximum Gasteiger partial charge on any atom is 0.319 e. The molecule has 0 saturated carbocycles. The normalized spacial score (nSPS) is 20.3. The molecule has 238 valence electrons. The molecule has 1 aromatic carbocycles. The van der Waals surface area contributed by atoms with Crippen LogP contribution in [0.2, 0.25) is 0 Å². The van der Waals surface area contributed by atoms with Crippen molar-refractivity contribution in [3.63, 3.8) is 0 Å². The molecule has 2 N–H and O–H groups in total. The van der Waals surface area contributed by atoms with Gasteiger partial charge < -0.3 is 25.2 Å². The predicted molar refractivity (Wildman–Crippen MR) is 166 cm³/mol. The molecule has 4 amide bonds. The van der Waals surface area contributed by atoms with E-state index in [1.54, 1.807) is 25.1 Å². The number of amides is 4. The number of morpholine rings is 1. The molecule has 3 aliphatic heterocycles.